The summed E-state index contributed by atoms with van der Waals surface area (Å²) in [5.74, 6) is 0. The van der Waals surface area contributed by atoms with Crippen molar-refractivity contribution in [3.8, 4) is 22.3 Å². The van der Waals surface area contributed by atoms with Gasteiger partial charge in [0.2, 0.25) is 0 Å². The highest BCUT2D eigenvalue weighted by molar-refractivity contribution is 6.27. The molecule has 0 radical (unpaired) electrons. The zero-order valence-electron chi connectivity index (χ0n) is 26.6. The van der Waals surface area contributed by atoms with E-state index in [9.17, 15) is 4.79 Å². The highest BCUT2D eigenvalue weighted by Gasteiger charge is 2.22. The van der Waals surface area contributed by atoms with E-state index in [4.69, 9.17) is 4.42 Å². The van der Waals surface area contributed by atoms with Crippen molar-refractivity contribution in [2.75, 3.05) is 0 Å². The van der Waals surface area contributed by atoms with Crippen molar-refractivity contribution >= 4 is 64.8 Å². The summed E-state index contributed by atoms with van der Waals surface area (Å²) >= 11 is 0. The zero-order valence-corrected chi connectivity index (χ0v) is 26.6. The van der Waals surface area contributed by atoms with E-state index in [2.05, 4.69) is 154 Å². The number of hydrogen-bond acceptors (Lipinski definition) is 2. The Morgan fingerprint density at radius 2 is 0.915 bits per heavy atom. The van der Waals surface area contributed by atoms with Gasteiger partial charge >= 0.3 is 5.63 Å². The fraction of sp³-hybridized carbons (Fsp3) is 0.0889. The fourth-order valence-corrected chi connectivity index (χ4v) is 7.54. The molecule has 1 heterocycles. The third-order valence-electron chi connectivity index (χ3n) is 9.82. The molecule has 8 aromatic carbocycles. The molecule has 0 N–H and O–H groups in total. The van der Waals surface area contributed by atoms with Gasteiger partial charge in [0.15, 0.2) is 0 Å². The lowest BCUT2D eigenvalue weighted by Gasteiger charge is -2.20. The van der Waals surface area contributed by atoms with E-state index in [0.29, 0.717) is 11.1 Å². The first-order chi connectivity index (χ1) is 22.9. The normalized spacial score (nSPS) is 12.2. The lowest BCUT2D eigenvalue weighted by Crippen LogP contribution is -2.10. The van der Waals surface area contributed by atoms with Crippen molar-refractivity contribution in [1.82, 2.24) is 0 Å². The topological polar surface area (TPSA) is 30.2 Å². The van der Waals surface area contributed by atoms with Crippen molar-refractivity contribution in [2.45, 2.75) is 26.2 Å². The molecule has 9 rings (SSSR count). The average molecular weight is 605 g/mol. The van der Waals surface area contributed by atoms with Crippen LogP contribution in [0.4, 0.5) is 0 Å². The van der Waals surface area contributed by atoms with Gasteiger partial charge in [-0.05, 0) is 94.2 Å². The number of hydrogen-bond donors (Lipinski definition) is 0. The number of fused-ring (bicyclic) bond motifs is 7. The number of rotatable bonds is 2. The van der Waals surface area contributed by atoms with Crippen LogP contribution in [0.15, 0.2) is 149 Å². The smallest absolute Gasteiger partial charge is 0.344 e. The maximum absolute atomic E-state index is 14.0. The van der Waals surface area contributed by atoms with Crippen LogP contribution >= 0.6 is 0 Å². The Balaban J connectivity index is 1.42. The van der Waals surface area contributed by atoms with Crippen molar-refractivity contribution in [2.24, 2.45) is 0 Å². The summed E-state index contributed by atoms with van der Waals surface area (Å²) in [5, 5.41) is 12.2. The van der Waals surface area contributed by atoms with Crippen LogP contribution in [0.3, 0.4) is 0 Å². The van der Waals surface area contributed by atoms with Gasteiger partial charge in [-0.15, -0.1) is 0 Å². The molecular weight excluding hydrogens is 572 g/mol. The van der Waals surface area contributed by atoms with Gasteiger partial charge in [0.05, 0.1) is 5.56 Å². The van der Waals surface area contributed by atoms with E-state index >= 15 is 0 Å². The summed E-state index contributed by atoms with van der Waals surface area (Å²) in [4.78, 5) is 14.0. The minimum Gasteiger partial charge on any atom is -0.422 e. The van der Waals surface area contributed by atoms with Crippen LogP contribution in [0.25, 0.3) is 87.1 Å². The summed E-state index contributed by atoms with van der Waals surface area (Å²) in [6, 6.07) is 49.3. The average Bonchev–Trinajstić information content (AvgIpc) is 3.09. The Bertz CT molecular complexity index is 2680. The van der Waals surface area contributed by atoms with Crippen LogP contribution in [0, 0.1) is 0 Å². The van der Waals surface area contributed by atoms with Gasteiger partial charge in [0, 0.05) is 10.9 Å². The first-order valence-electron chi connectivity index (χ1n) is 16.2. The molecule has 0 unspecified atom stereocenters. The lowest BCUT2D eigenvalue weighted by molar-refractivity contribution is 0.564. The molecule has 0 fully saturated rings. The third-order valence-corrected chi connectivity index (χ3v) is 9.82. The van der Waals surface area contributed by atoms with E-state index in [1.165, 1.54) is 38.2 Å². The van der Waals surface area contributed by atoms with E-state index in [0.717, 1.165) is 43.3 Å². The van der Waals surface area contributed by atoms with Crippen LogP contribution in [0.2, 0.25) is 0 Å². The Hall–Kier alpha value is -5.73. The van der Waals surface area contributed by atoms with Crippen LogP contribution < -0.4 is 5.63 Å². The van der Waals surface area contributed by atoms with E-state index in [-0.39, 0.29) is 11.0 Å². The predicted molar refractivity (Wildman–Crippen MR) is 200 cm³/mol. The third kappa shape index (κ3) is 4.22. The molecule has 0 saturated carbocycles. The molecule has 2 nitrogen and oxygen atoms in total. The monoisotopic (exact) mass is 604 g/mol. The second-order valence-electron chi connectivity index (χ2n) is 13.6. The van der Waals surface area contributed by atoms with Gasteiger partial charge in [-0.1, -0.05) is 142 Å². The molecule has 9 aromatic rings. The molecule has 0 amide bonds. The van der Waals surface area contributed by atoms with Gasteiger partial charge in [0.25, 0.3) is 0 Å². The van der Waals surface area contributed by atoms with Crippen LogP contribution in [-0.4, -0.2) is 0 Å². The maximum atomic E-state index is 14.0. The lowest BCUT2D eigenvalue weighted by atomic mass is 9.83. The van der Waals surface area contributed by atoms with Gasteiger partial charge in [0.1, 0.15) is 5.58 Å². The standard InChI is InChI=1S/C45H32O2/c1-45(2,3)30-21-22-31-29(25-30)20-23-40-38(31)26-39(44(46)47-40)41-34-16-8-10-18-36(34)43(37-19-11-9-17-35(37)41)42-32-14-6-4-12-27(32)24-28-13-5-7-15-33(28)42/h4-26H,1-3H3. The molecule has 47 heavy (non-hydrogen) atoms. The van der Waals surface area contributed by atoms with Gasteiger partial charge < -0.3 is 4.42 Å². The summed E-state index contributed by atoms with van der Waals surface area (Å²) in [7, 11) is 0. The van der Waals surface area contributed by atoms with Gasteiger partial charge in [-0.25, -0.2) is 4.79 Å². The van der Waals surface area contributed by atoms with E-state index in [1.54, 1.807) is 0 Å². The summed E-state index contributed by atoms with van der Waals surface area (Å²) < 4.78 is 6.13. The highest BCUT2D eigenvalue weighted by Crippen LogP contribution is 2.47. The van der Waals surface area contributed by atoms with Gasteiger partial charge in [-0.2, -0.15) is 0 Å². The molecule has 0 bridgehead atoms. The van der Waals surface area contributed by atoms with Crippen LogP contribution in [0.1, 0.15) is 26.3 Å². The van der Waals surface area contributed by atoms with Gasteiger partial charge in [-0.3, -0.25) is 0 Å². The van der Waals surface area contributed by atoms with Crippen LogP contribution in [-0.2, 0) is 5.41 Å². The van der Waals surface area contributed by atoms with Crippen molar-refractivity contribution in [3.63, 3.8) is 0 Å². The molecule has 224 valence electrons. The van der Waals surface area contributed by atoms with Crippen molar-refractivity contribution < 1.29 is 4.42 Å². The first-order valence-corrected chi connectivity index (χ1v) is 16.2. The molecule has 2 heteroatoms. The Morgan fingerprint density at radius 1 is 0.426 bits per heavy atom. The van der Waals surface area contributed by atoms with E-state index in [1.807, 2.05) is 6.07 Å². The Labute approximate surface area is 272 Å². The highest BCUT2D eigenvalue weighted by atomic mass is 16.4. The molecule has 0 aliphatic rings. The molecule has 0 spiro atoms. The largest absolute Gasteiger partial charge is 0.422 e. The molecular formula is C45H32O2. The predicted octanol–water partition coefficient (Wildman–Crippen LogP) is 12.2. The molecule has 0 aliphatic heterocycles. The summed E-state index contributed by atoms with van der Waals surface area (Å²) in [5.41, 5.74) is 5.45. The van der Waals surface area contributed by atoms with Crippen molar-refractivity contribution in [1.29, 1.82) is 0 Å². The minimum absolute atomic E-state index is 0.0343. The molecule has 0 aliphatic carbocycles. The summed E-state index contributed by atoms with van der Waals surface area (Å²) in [6.45, 7) is 6.69. The first kappa shape index (κ1) is 27.6. The second kappa shape index (κ2) is 10.1. The Kier molecular flexibility index (Phi) is 5.95. The maximum Gasteiger partial charge on any atom is 0.344 e. The molecule has 0 saturated heterocycles. The Morgan fingerprint density at radius 3 is 1.49 bits per heavy atom. The van der Waals surface area contributed by atoms with E-state index < -0.39 is 0 Å². The number of benzene rings is 8. The summed E-state index contributed by atoms with van der Waals surface area (Å²) in [6.07, 6.45) is 0. The zero-order chi connectivity index (χ0) is 31.9. The molecule has 1 aromatic heterocycles. The minimum atomic E-state index is -0.332. The van der Waals surface area contributed by atoms with Crippen LogP contribution in [0.5, 0.6) is 0 Å². The SMILES string of the molecule is CC(C)(C)c1ccc2c(ccc3oc(=O)c(-c4c5ccccc5c(-c5c6ccccc6cc6ccccc56)c5ccccc45)cc32)c1. The van der Waals surface area contributed by atoms with Crippen molar-refractivity contribution in [3.05, 3.63) is 156 Å². The fourth-order valence-electron chi connectivity index (χ4n) is 7.54. The quantitative estimate of drug-likeness (QED) is 0.112. The molecule has 0 atom stereocenters. The second-order valence-corrected chi connectivity index (χ2v) is 13.6.